The number of aromatic nitrogens is 1. The number of pyridine rings is 1. The van der Waals surface area contributed by atoms with E-state index in [-0.39, 0.29) is 35.3 Å². The normalized spacial score (nSPS) is 11.1. The molecule has 0 unspecified atom stereocenters. The van der Waals surface area contributed by atoms with Crippen LogP contribution in [0.15, 0.2) is 59.8 Å². The number of carbonyl (C=O) groups excluding carboxylic acids is 4. The number of imide groups is 1. The van der Waals surface area contributed by atoms with Crippen LogP contribution in [-0.4, -0.2) is 47.1 Å². The zero-order valence-corrected chi connectivity index (χ0v) is 20.0. The van der Waals surface area contributed by atoms with Gasteiger partial charge in [0.1, 0.15) is 5.54 Å². The van der Waals surface area contributed by atoms with Crippen LogP contribution in [0.2, 0.25) is 0 Å². The molecular formula is C20H22ClN3O7S2. The molecule has 0 saturated heterocycles. The molecular weight excluding hydrogens is 494 g/mol. The molecule has 33 heavy (non-hydrogen) atoms. The fourth-order valence-electron chi connectivity index (χ4n) is 2.51. The Morgan fingerprint density at radius 1 is 1.00 bits per heavy atom. The monoisotopic (exact) mass is 515 g/mol. The van der Waals surface area contributed by atoms with E-state index in [1.165, 1.54) is 32.0 Å². The Balaban J connectivity index is 0.00000544. The molecule has 0 atom stereocenters. The lowest BCUT2D eigenvalue weighted by Crippen LogP contribution is -3.00. The lowest BCUT2D eigenvalue weighted by atomic mass is 10.1. The van der Waals surface area contributed by atoms with Gasteiger partial charge in [-0.25, -0.2) is 0 Å². The highest BCUT2D eigenvalue weighted by atomic mass is 35.5. The smallest absolute Gasteiger partial charge is 0.286 e. The Bertz CT molecular complexity index is 1140. The molecule has 178 valence electrons. The van der Waals surface area contributed by atoms with Crippen LogP contribution < -0.4 is 27.6 Å². The van der Waals surface area contributed by atoms with Crippen molar-refractivity contribution in [3.8, 4) is 0 Å². The predicted molar refractivity (Wildman–Crippen MR) is 115 cm³/mol. The molecule has 1 aromatic heterocycles. The van der Waals surface area contributed by atoms with E-state index in [0.717, 1.165) is 0 Å². The first-order chi connectivity index (χ1) is 14.9. The molecule has 0 spiro atoms. The maximum absolute atomic E-state index is 12.8. The molecule has 3 amide bonds. The Morgan fingerprint density at radius 3 is 2.21 bits per heavy atom. The third kappa shape index (κ3) is 9.30. The van der Waals surface area contributed by atoms with E-state index in [9.17, 15) is 27.6 Å². The zero-order chi connectivity index (χ0) is 23.9. The molecule has 0 saturated carbocycles. The number of amides is 3. The van der Waals surface area contributed by atoms with Crippen molar-refractivity contribution in [3.63, 3.8) is 0 Å². The summed E-state index contributed by atoms with van der Waals surface area (Å²) < 4.78 is 31.9. The summed E-state index contributed by atoms with van der Waals surface area (Å²) >= 11 is 0.694. The van der Waals surface area contributed by atoms with Gasteiger partial charge < -0.3 is 17.7 Å². The van der Waals surface area contributed by atoms with Crippen LogP contribution in [0.1, 0.15) is 24.2 Å². The number of benzene rings is 1. The minimum absolute atomic E-state index is 0. The quantitative estimate of drug-likeness (QED) is 0.196. The molecule has 1 aromatic carbocycles. The second-order valence-corrected chi connectivity index (χ2v) is 9.68. The molecule has 2 aromatic rings. The molecule has 3 N–H and O–H groups in total. The standard InChI is InChI=1S/C20H21N3O7S2.ClH/c1-20(2,22-16(24)12-23-10-6-3-7-11-23)19(27)31-15-9-5-4-8-14(15)18(26)21-17(25)13-32(28,29)30;/h3-11H,12-13H2,1-2H3,(H2-,21,22,24,25,26,28,29,30);1H. The summed E-state index contributed by atoms with van der Waals surface area (Å²) in [6.07, 6.45) is 3.42. The van der Waals surface area contributed by atoms with Gasteiger partial charge in [-0.15, -0.1) is 0 Å². The maximum Gasteiger partial charge on any atom is 0.286 e. The van der Waals surface area contributed by atoms with Crippen molar-refractivity contribution in [2.75, 3.05) is 5.75 Å². The van der Waals surface area contributed by atoms with Gasteiger partial charge in [-0.05, 0) is 37.7 Å². The van der Waals surface area contributed by atoms with Crippen LogP contribution in [0.4, 0.5) is 0 Å². The first kappa shape index (κ1) is 28.2. The molecule has 10 nitrogen and oxygen atoms in total. The van der Waals surface area contributed by atoms with Gasteiger partial charge in [0.2, 0.25) is 17.6 Å². The summed E-state index contributed by atoms with van der Waals surface area (Å²) in [5.41, 5.74) is -1.32. The van der Waals surface area contributed by atoms with Crippen molar-refractivity contribution < 1.29 is 49.1 Å². The van der Waals surface area contributed by atoms with Gasteiger partial charge in [0, 0.05) is 17.0 Å². The van der Waals surface area contributed by atoms with E-state index >= 15 is 0 Å². The number of rotatable bonds is 8. The van der Waals surface area contributed by atoms with Crippen molar-refractivity contribution >= 4 is 44.7 Å². The van der Waals surface area contributed by atoms with Gasteiger partial charge >= 0.3 is 0 Å². The van der Waals surface area contributed by atoms with Crippen molar-refractivity contribution in [1.82, 2.24) is 10.6 Å². The summed E-state index contributed by atoms with van der Waals surface area (Å²) in [6.45, 7) is 3.06. The van der Waals surface area contributed by atoms with Crippen LogP contribution in [-0.2, 0) is 31.0 Å². The van der Waals surface area contributed by atoms with Gasteiger partial charge in [-0.1, -0.05) is 18.2 Å². The largest absolute Gasteiger partial charge is 1.00 e. The number of carbonyl (C=O) groups is 4. The van der Waals surface area contributed by atoms with E-state index in [2.05, 4.69) is 5.32 Å². The maximum atomic E-state index is 12.8. The second-order valence-electron chi connectivity index (χ2n) is 7.21. The van der Waals surface area contributed by atoms with Crippen LogP contribution in [0.3, 0.4) is 0 Å². The minimum atomic E-state index is -4.60. The summed E-state index contributed by atoms with van der Waals surface area (Å²) in [6, 6.07) is 11.2. The van der Waals surface area contributed by atoms with Crippen molar-refractivity contribution in [1.29, 1.82) is 0 Å². The molecule has 0 aliphatic carbocycles. The Hall–Kier alpha value is -2.80. The predicted octanol–water partition coefficient (Wildman–Crippen LogP) is -2.66. The fourth-order valence-corrected chi connectivity index (χ4v) is 3.84. The third-order valence-electron chi connectivity index (χ3n) is 3.97. The second kappa shape index (κ2) is 11.9. The Kier molecular flexibility index (Phi) is 10.2. The summed E-state index contributed by atoms with van der Waals surface area (Å²) in [5, 5.41) is 4.04. The molecule has 13 heteroatoms. The molecule has 0 fully saturated rings. The van der Waals surface area contributed by atoms with E-state index in [1.807, 2.05) is 11.4 Å². The van der Waals surface area contributed by atoms with Crippen LogP contribution >= 0.6 is 11.8 Å². The zero-order valence-electron chi connectivity index (χ0n) is 17.6. The number of hydrogen-bond donors (Lipinski definition) is 3. The summed E-state index contributed by atoms with van der Waals surface area (Å²) in [7, 11) is -4.60. The number of hydrogen-bond acceptors (Lipinski definition) is 7. The van der Waals surface area contributed by atoms with E-state index < -0.39 is 38.3 Å². The van der Waals surface area contributed by atoms with Crippen molar-refractivity contribution in [2.24, 2.45) is 0 Å². The molecule has 0 bridgehead atoms. The fraction of sp³-hybridized carbons (Fsp3) is 0.250. The lowest BCUT2D eigenvalue weighted by molar-refractivity contribution is -0.684. The van der Waals surface area contributed by atoms with E-state index in [1.54, 1.807) is 35.2 Å². The summed E-state index contributed by atoms with van der Waals surface area (Å²) in [4.78, 5) is 49.4. The van der Waals surface area contributed by atoms with Gasteiger partial charge in [0.15, 0.2) is 18.1 Å². The molecule has 0 radical (unpaired) electrons. The number of thioether (sulfide) groups is 1. The average molecular weight is 516 g/mol. The molecule has 0 aliphatic rings. The SMILES string of the molecule is CC(C)(NC(=O)C[n+]1ccccc1)C(=O)Sc1ccccc1C(=O)NC(=O)CS(=O)(=O)O.[Cl-]. The average Bonchev–Trinajstić information content (AvgIpc) is 2.67. The molecule has 0 aliphatic heterocycles. The highest BCUT2D eigenvalue weighted by molar-refractivity contribution is 8.14. The minimum Gasteiger partial charge on any atom is -1.00 e. The molecule has 1 heterocycles. The van der Waals surface area contributed by atoms with E-state index in [4.69, 9.17) is 4.55 Å². The van der Waals surface area contributed by atoms with E-state index in [0.29, 0.717) is 11.8 Å². The highest BCUT2D eigenvalue weighted by Crippen LogP contribution is 2.27. The van der Waals surface area contributed by atoms with Crippen molar-refractivity contribution in [2.45, 2.75) is 30.8 Å². The number of halogens is 1. The Morgan fingerprint density at radius 2 is 1.61 bits per heavy atom. The van der Waals surface area contributed by atoms with Gasteiger partial charge in [-0.2, -0.15) is 13.0 Å². The van der Waals surface area contributed by atoms with Crippen LogP contribution in [0, 0.1) is 0 Å². The third-order valence-corrected chi connectivity index (χ3v) is 5.87. The highest BCUT2D eigenvalue weighted by Gasteiger charge is 2.32. The number of nitrogens with one attached hydrogen (secondary N) is 2. The first-order valence-electron chi connectivity index (χ1n) is 9.23. The topological polar surface area (TPSA) is 151 Å². The Labute approximate surface area is 201 Å². The van der Waals surface area contributed by atoms with Crippen LogP contribution in [0.5, 0.6) is 0 Å². The first-order valence-corrected chi connectivity index (χ1v) is 11.7. The molecule has 2 rings (SSSR count). The van der Waals surface area contributed by atoms with Gasteiger partial charge in [-0.3, -0.25) is 29.0 Å². The van der Waals surface area contributed by atoms with Crippen molar-refractivity contribution in [3.05, 3.63) is 60.4 Å². The summed E-state index contributed by atoms with van der Waals surface area (Å²) in [5.74, 6) is -3.81. The number of nitrogens with zero attached hydrogens (tertiary/aromatic N) is 1. The van der Waals surface area contributed by atoms with Gasteiger partial charge in [0.05, 0.1) is 5.56 Å². The lowest BCUT2D eigenvalue weighted by Gasteiger charge is -2.23. The van der Waals surface area contributed by atoms with Crippen LogP contribution in [0.25, 0.3) is 0 Å². The van der Waals surface area contributed by atoms with Gasteiger partial charge in [0.25, 0.3) is 21.9 Å².